The van der Waals surface area contributed by atoms with Gasteiger partial charge in [0.25, 0.3) is 5.91 Å². The maximum Gasteiger partial charge on any atom is 0.356 e. The molecule has 0 aliphatic carbocycles. The lowest BCUT2D eigenvalue weighted by Gasteiger charge is -2.31. The standard InChI is InChI=1S/C12H15N3O3/c1-12(2)4-3-5-15(12)10(16)8-6-14-9(7-13-8)11(17)18/h6-7H,3-5H2,1-2H3,(H,17,18). The highest BCUT2D eigenvalue weighted by atomic mass is 16.4. The fourth-order valence-corrected chi connectivity index (χ4v) is 2.17. The number of aromatic nitrogens is 2. The van der Waals surface area contributed by atoms with E-state index in [2.05, 4.69) is 9.97 Å². The molecule has 6 heteroatoms. The van der Waals surface area contributed by atoms with Crippen LogP contribution in [0.4, 0.5) is 0 Å². The number of carboxylic acids is 1. The Hall–Kier alpha value is -1.98. The molecule has 0 aromatic carbocycles. The SMILES string of the molecule is CC1(C)CCCN1C(=O)c1cnc(C(=O)O)cn1. The summed E-state index contributed by atoms with van der Waals surface area (Å²) in [6, 6.07) is 0. The number of nitrogens with zero attached hydrogens (tertiary/aromatic N) is 3. The van der Waals surface area contributed by atoms with Crippen LogP contribution in [0, 0.1) is 0 Å². The molecular weight excluding hydrogens is 234 g/mol. The van der Waals surface area contributed by atoms with Gasteiger partial charge in [0.2, 0.25) is 0 Å². The molecule has 0 spiro atoms. The molecule has 1 aliphatic rings. The maximum absolute atomic E-state index is 12.2. The molecule has 1 N–H and O–H groups in total. The van der Waals surface area contributed by atoms with E-state index in [1.165, 1.54) is 6.20 Å². The molecule has 2 rings (SSSR count). The van der Waals surface area contributed by atoms with Crippen LogP contribution in [0.3, 0.4) is 0 Å². The average molecular weight is 249 g/mol. The zero-order valence-electron chi connectivity index (χ0n) is 10.4. The van der Waals surface area contributed by atoms with Gasteiger partial charge >= 0.3 is 5.97 Å². The first kappa shape index (κ1) is 12.5. The van der Waals surface area contributed by atoms with Gasteiger partial charge in [0.15, 0.2) is 5.69 Å². The van der Waals surface area contributed by atoms with Crippen molar-refractivity contribution in [1.82, 2.24) is 14.9 Å². The van der Waals surface area contributed by atoms with E-state index >= 15 is 0 Å². The van der Waals surface area contributed by atoms with Gasteiger partial charge in [-0.15, -0.1) is 0 Å². The zero-order valence-corrected chi connectivity index (χ0v) is 10.4. The molecular formula is C12H15N3O3. The van der Waals surface area contributed by atoms with Crippen molar-refractivity contribution in [2.45, 2.75) is 32.2 Å². The molecule has 1 aliphatic heterocycles. The van der Waals surface area contributed by atoms with Crippen molar-refractivity contribution in [1.29, 1.82) is 0 Å². The van der Waals surface area contributed by atoms with Crippen LogP contribution in [0.5, 0.6) is 0 Å². The van der Waals surface area contributed by atoms with Crippen LogP contribution in [-0.2, 0) is 0 Å². The van der Waals surface area contributed by atoms with Gasteiger partial charge in [-0.1, -0.05) is 0 Å². The topological polar surface area (TPSA) is 83.4 Å². The van der Waals surface area contributed by atoms with Crippen molar-refractivity contribution < 1.29 is 14.7 Å². The third-order valence-electron chi connectivity index (χ3n) is 3.24. The highest BCUT2D eigenvalue weighted by Crippen LogP contribution is 2.29. The first-order valence-electron chi connectivity index (χ1n) is 5.79. The normalized spacial score (nSPS) is 17.8. The second-order valence-corrected chi connectivity index (χ2v) is 4.96. The van der Waals surface area contributed by atoms with Crippen LogP contribution < -0.4 is 0 Å². The molecule has 1 fully saturated rings. The Balaban J connectivity index is 2.21. The number of carbonyl (C=O) groups excluding carboxylic acids is 1. The van der Waals surface area contributed by atoms with Crippen LogP contribution in [0.25, 0.3) is 0 Å². The summed E-state index contributed by atoms with van der Waals surface area (Å²) in [5.41, 5.74) is -0.147. The fraction of sp³-hybridized carbons (Fsp3) is 0.500. The number of rotatable bonds is 2. The first-order valence-corrected chi connectivity index (χ1v) is 5.79. The summed E-state index contributed by atoms with van der Waals surface area (Å²) in [7, 11) is 0. The van der Waals surface area contributed by atoms with Gasteiger partial charge < -0.3 is 10.0 Å². The molecule has 0 atom stereocenters. The Labute approximate surface area is 105 Å². The molecule has 18 heavy (non-hydrogen) atoms. The van der Waals surface area contributed by atoms with Crippen molar-refractivity contribution in [3.63, 3.8) is 0 Å². The van der Waals surface area contributed by atoms with E-state index in [4.69, 9.17) is 5.11 Å². The van der Waals surface area contributed by atoms with E-state index in [9.17, 15) is 9.59 Å². The Morgan fingerprint density at radius 3 is 2.33 bits per heavy atom. The van der Waals surface area contributed by atoms with Crippen LogP contribution >= 0.6 is 0 Å². The van der Waals surface area contributed by atoms with Gasteiger partial charge in [-0.3, -0.25) is 4.79 Å². The monoisotopic (exact) mass is 249 g/mol. The minimum Gasteiger partial charge on any atom is -0.476 e. The molecule has 6 nitrogen and oxygen atoms in total. The maximum atomic E-state index is 12.2. The molecule has 1 aromatic heterocycles. The summed E-state index contributed by atoms with van der Waals surface area (Å²) in [5, 5.41) is 8.71. The molecule has 1 aromatic rings. The van der Waals surface area contributed by atoms with E-state index in [0.717, 1.165) is 19.0 Å². The second-order valence-electron chi connectivity index (χ2n) is 4.96. The van der Waals surface area contributed by atoms with Gasteiger partial charge in [0.05, 0.1) is 12.4 Å². The summed E-state index contributed by atoms with van der Waals surface area (Å²) in [6.45, 7) is 4.72. The van der Waals surface area contributed by atoms with Crippen molar-refractivity contribution in [3.8, 4) is 0 Å². The molecule has 0 bridgehead atoms. The third-order valence-corrected chi connectivity index (χ3v) is 3.24. The first-order chi connectivity index (χ1) is 8.42. The molecule has 2 heterocycles. The summed E-state index contributed by atoms with van der Waals surface area (Å²) in [5.74, 6) is -1.34. The van der Waals surface area contributed by atoms with Gasteiger partial charge in [0, 0.05) is 12.1 Å². The Kier molecular flexibility index (Phi) is 3.02. The number of likely N-dealkylation sites (tertiary alicyclic amines) is 1. The van der Waals surface area contributed by atoms with E-state index in [-0.39, 0.29) is 22.8 Å². The van der Waals surface area contributed by atoms with E-state index in [1.807, 2.05) is 13.8 Å². The smallest absolute Gasteiger partial charge is 0.356 e. The number of amides is 1. The summed E-state index contributed by atoms with van der Waals surface area (Å²) in [4.78, 5) is 32.2. The number of hydrogen-bond donors (Lipinski definition) is 1. The molecule has 96 valence electrons. The van der Waals surface area contributed by atoms with Gasteiger partial charge in [0.1, 0.15) is 5.69 Å². The van der Waals surface area contributed by atoms with Crippen LogP contribution in [0.2, 0.25) is 0 Å². The fourth-order valence-electron chi connectivity index (χ4n) is 2.17. The highest BCUT2D eigenvalue weighted by molar-refractivity contribution is 5.93. The van der Waals surface area contributed by atoms with Crippen LogP contribution in [0.1, 0.15) is 47.7 Å². The van der Waals surface area contributed by atoms with E-state index in [1.54, 1.807) is 4.90 Å². The molecule has 0 unspecified atom stereocenters. The van der Waals surface area contributed by atoms with Gasteiger partial charge in [-0.2, -0.15) is 0 Å². The number of carbonyl (C=O) groups is 2. The second kappa shape index (κ2) is 4.36. The van der Waals surface area contributed by atoms with Gasteiger partial charge in [-0.05, 0) is 26.7 Å². The van der Waals surface area contributed by atoms with Crippen molar-refractivity contribution in [2.24, 2.45) is 0 Å². The summed E-state index contributed by atoms with van der Waals surface area (Å²) < 4.78 is 0. The summed E-state index contributed by atoms with van der Waals surface area (Å²) in [6.07, 6.45) is 4.26. The lowest BCUT2D eigenvalue weighted by atomic mass is 10.0. The predicted molar refractivity (Wildman–Crippen MR) is 63.3 cm³/mol. The number of hydrogen-bond acceptors (Lipinski definition) is 4. The molecule has 1 saturated heterocycles. The van der Waals surface area contributed by atoms with Crippen LogP contribution in [-0.4, -0.2) is 43.9 Å². The van der Waals surface area contributed by atoms with Crippen LogP contribution in [0.15, 0.2) is 12.4 Å². The molecule has 0 saturated carbocycles. The number of aromatic carboxylic acids is 1. The van der Waals surface area contributed by atoms with Crippen molar-refractivity contribution in [3.05, 3.63) is 23.8 Å². The molecule has 1 amide bonds. The highest BCUT2D eigenvalue weighted by Gasteiger charge is 2.36. The summed E-state index contributed by atoms with van der Waals surface area (Å²) >= 11 is 0. The largest absolute Gasteiger partial charge is 0.476 e. The van der Waals surface area contributed by atoms with Crippen molar-refractivity contribution in [2.75, 3.05) is 6.54 Å². The molecule has 0 radical (unpaired) electrons. The Morgan fingerprint density at radius 1 is 1.28 bits per heavy atom. The number of carboxylic acid groups (broad SMARTS) is 1. The van der Waals surface area contributed by atoms with E-state index < -0.39 is 5.97 Å². The third kappa shape index (κ3) is 2.18. The minimum atomic E-state index is -1.15. The quantitative estimate of drug-likeness (QED) is 0.851. The Bertz CT molecular complexity index is 482. The van der Waals surface area contributed by atoms with E-state index in [0.29, 0.717) is 6.54 Å². The lowest BCUT2D eigenvalue weighted by molar-refractivity contribution is 0.0639. The zero-order chi connectivity index (χ0) is 13.3. The van der Waals surface area contributed by atoms with Crippen molar-refractivity contribution >= 4 is 11.9 Å². The van der Waals surface area contributed by atoms with Gasteiger partial charge in [-0.25, -0.2) is 14.8 Å². The lowest BCUT2D eigenvalue weighted by Crippen LogP contribution is -2.43. The average Bonchev–Trinajstić information content (AvgIpc) is 2.68. The predicted octanol–water partition coefficient (Wildman–Crippen LogP) is 1.19. The minimum absolute atomic E-state index is 0.160. The Morgan fingerprint density at radius 2 is 1.89 bits per heavy atom.